The Kier molecular flexibility index (Phi) is 7.37. The molecule has 0 fully saturated rings. The maximum atomic E-state index is 11.9. The second-order valence-corrected chi connectivity index (χ2v) is 5.44. The Morgan fingerprint density at radius 2 is 1.84 bits per heavy atom. The maximum absolute atomic E-state index is 11.9. The van der Waals surface area contributed by atoms with E-state index in [9.17, 15) is 9.59 Å². The quantitative estimate of drug-likeness (QED) is 0.561. The molecule has 2 aromatic rings. The van der Waals surface area contributed by atoms with Gasteiger partial charge in [-0.1, -0.05) is 26.2 Å². The lowest BCUT2D eigenvalue weighted by Gasteiger charge is -2.08. The molecule has 25 heavy (non-hydrogen) atoms. The summed E-state index contributed by atoms with van der Waals surface area (Å²) in [5.74, 6) is -0.00432. The van der Waals surface area contributed by atoms with E-state index in [0.717, 1.165) is 25.7 Å². The van der Waals surface area contributed by atoms with Crippen molar-refractivity contribution in [2.24, 2.45) is 0 Å². The van der Waals surface area contributed by atoms with Gasteiger partial charge in [-0.15, -0.1) is 0 Å². The molecule has 1 heterocycles. The normalized spacial score (nSPS) is 10.1. The molecule has 0 atom stereocenters. The van der Waals surface area contributed by atoms with Gasteiger partial charge in [0, 0.05) is 18.1 Å². The molecule has 0 spiro atoms. The van der Waals surface area contributed by atoms with Crippen LogP contribution < -0.4 is 10.6 Å². The van der Waals surface area contributed by atoms with Crippen molar-refractivity contribution in [2.75, 3.05) is 17.2 Å². The highest BCUT2D eigenvalue weighted by Crippen LogP contribution is 2.12. The van der Waals surface area contributed by atoms with Crippen LogP contribution in [0.3, 0.4) is 0 Å². The minimum absolute atomic E-state index is 0.350. The van der Waals surface area contributed by atoms with E-state index in [0.29, 0.717) is 23.7 Å². The summed E-state index contributed by atoms with van der Waals surface area (Å²) < 4.78 is 5.22. The predicted octanol–water partition coefficient (Wildman–Crippen LogP) is 3.86. The summed E-state index contributed by atoms with van der Waals surface area (Å²) in [6.45, 7) is 2.56. The second-order valence-electron chi connectivity index (χ2n) is 5.44. The Bertz CT molecular complexity index is 674. The number of hydrogen-bond donors (Lipinski definition) is 2. The summed E-state index contributed by atoms with van der Waals surface area (Å²) in [5.41, 5.74) is 1.01. The number of carbonyl (C=O) groups is 2. The van der Waals surface area contributed by atoms with Gasteiger partial charge in [-0.05, 0) is 30.7 Å². The molecule has 0 aliphatic carbocycles. The average molecular weight is 342 g/mol. The van der Waals surface area contributed by atoms with Crippen LogP contribution in [0.2, 0.25) is 0 Å². The fourth-order valence-corrected chi connectivity index (χ4v) is 2.11. The number of rotatable bonds is 8. The molecule has 0 saturated heterocycles. The number of ether oxygens (including phenoxy) is 1. The van der Waals surface area contributed by atoms with Crippen LogP contribution in [0.15, 0.2) is 42.9 Å². The smallest absolute Gasteiger partial charge is 0.338 e. The number of benzene rings is 1. The first kappa shape index (κ1) is 18.4. The van der Waals surface area contributed by atoms with Gasteiger partial charge in [0.05, 0.1) is 18.4 Å². The standard InChI is InChI=1S/C18H22N4O3/c1-2-3-4-5-12-25-17(23)14-6-8-15(9-7-14)21-18(24)22-16-13-19-10-11-20-16/h6-11,13H,2-5,12H2,1H3,(H2,20,21,22,24). The Balaban J connectivity index is 1.79. The number of unbranched alkanes of at least 4 members (excludes halogenated alkanes) is 3. The van der Waals surface area contributed by atoms with Gasteiger partial charge in [-0.3, -0.25) is 10.3 Å². The van der Waals surface area contributed by atoms with Crippen LogP contribution in [0.25, 0.3) is 0 Å². The number of hydrogen-bond acceptors (Lipinski definition) is 5. The molecule has 2 amide bonds. The second kappa shape index (κ2) is 10.0. The molecule has 0 saturated carbocycles. The van der Waals surface area contributed by atoms with E-state index < -0.39 is 6.03 Å². The Morgan fingerprint density at radius 1 is 1.04 bits per heavy atom. The molecular weight excluding hydrogens is 320 g/mol. The van der Waals surface area contributed by atoms with Gasteiger partial charge < -0.3 is 10.1 Å². The van der Waals surface area contributed by atoms with Crippen molar-refractivity contribution in [3.8, 4) is 0 Å². The summed E-state index contributed by atoms with van der Waals surface area (Å²) in [6.07, 6.45) is 8.68. The number of esters is 1. The third-order valence-electron chi connectivity index (χ3n) is 3.41. The topological polar surface area (TPSA) is 93.2 Å². The summed E-state index contributed by atoms with van der Waals surface area (Å²) in [4.78, 5) is 31.6. The van der Waals surface area contributed by atoms with E-state index in [-0.39, 0.29) is 5.97 Å². The molecule has 0 unspecified atom stereocenters. The lowest BCUT2D eigenvalue weighted by Crippen LogP contribution is -2.20. The zero-order valence-corrected chi connectivity index (χ0v) is 14.2. The molecular formula is C18H22N4O3. The van der Waals surface area contributed by atoms with Gasteiger partial charge in [0.2, 0.25) is 0 Å². The van der Waals surface area contributed by atoms with Gasteiger partial charge >= 0.3 is 12.0 Å². The lowest BCUT2D eigenvalue weighted by atomic mass is 10.2. The van der Waals surface area contributed by atoms with Gasteiger partial charge in [0.15, 0.2) is 5.82 Å². The van der Waals surface area contributed by atoms with Crippen molar-refractivity contribution >= 4 is 23.5 Å². The highest BCUT2D eigenvalue weighted by molar-refractivity contribution is 5.99. The van der Waals surface area contributed by atoms with Crippen molar-refractivity contribution in [3.63, 3.8) is 0 Å². The van der Waals surface area contributed by atoms with Crippen molar-refractivity contribution in [1.82, 2.24) is 9.97 Å². The highest BCUT2D eigenvalue weighted by Gasteiger charge is 2.08. The summed E-state index contributed by atoms with van der Waals surface area (Å²) in [7, 11) is 0. The van der Waals surface area contributed by atoms with E-state index >= 15 is 0 Å². The van der Waals surface area contributed by atoms with E-state index in [2.05, 4.69) is 27.5 Å². The first-order valence-electron chi connectivity index (χ1n) is 8.30. The zero-order chi connectivity index (χ0) is 17.9. The van der Waals surface area contributed by atoms with Crippen molar-refractivity contribution in [3.05, 3.63) is 48.4 Å². The monoisotopic (exact) mass is 342 g/mol. The van der Waals surface area contributed by atoms with Crippen LogP contribution >= 0.6 is 0 Å². The predicted molar refractivity (Wildman–Crippen MR) is 95.5 cm³/mol. The fraction of sp³-hybridized carbons (Fsp3) is 0.333. The molecule has 132 valence electrons. The molecule has 1 aromatic heterocycles. The van der Waals surface area contributed by atoms with Gasteiger partial charge in [-0.25, -0.2) is 14.6 Å². The van der Waals surface area contributed by atoms with Crippen LogP contribution in [0.1, 0.15) is 43.0 Å². The maximum Gasteiger partial charge on any atom is 0.338 e. The minimum atomic E-state index is -0.438. The third-order valence-corrected chi connectivity index (χ3v) is 3.41. The first-order chi connectivity index (χ1) is 12.2. The fourth-order valence-electron chi connectivity index (χ4n) is 2.11. The largest absolute Gasteiger partial charge is 0.462 e. The molecule has 0 aliphatic heterocycles. The van der Waals surface area contributed by atoms with Crippen molar-refractivity contribution < 1.29 is 14.3 Å². The number of nitrogens with one attached hydrogen (secondary N) is 2. The Morgan fingerprint density at radius 3 is 2.52 bits per heavy atom. The molecule has 2 N–H and O–H groups in total. The van der Waals surface area contributed by atoms with Gasteiger partial charge in [0.1, 0.15) is 0 Å². The van der Waals surface area contributed by atoms with Crippen molar-refractivity contribution in [1.29, 1.82) is 0 Å². The number of aromatic nitrogens is 2. The molecule has 0 radical (unpaired) electrons. The Hall–Kier alpha value is -2.96. The Labute approximate surface area is 146 Å². The molecule has 0 aliphatic rings. The number of amides is 2. The third kappa shape index (κ3) is 6.58. The van der Waals surface area contributed by atoms with E-state index in [4.69, 9.17) is 4.74 Å². The molecule has 2 rings (SSSR count). The lowest BCUT2D eigenvalue weighted by molar-refractivity contribution is 0.0498. The number of carbonyl (C=O) groups excluding carboxylic acids is 2. The number of urea groups is 1. The molecule has 7 nitrogen and oxygen atoms in total. The minimum Gasteiger partial charge on any atom is -0.462 e. The number of anilines is 2. The van der Waals surface area contributed by atoms with E-state index in [1.54, 1.807) is 24.3 Å². The average Bonchev–Trinajstić information content (AvgIpc) is 2.63. The molecule has 7 heteroatoms. The molecule has 0 bridgehead atoms. The van der Waals surface area contributed by atoms with Crippen LogP contribution in [-0.2, 0) is 4.74 Å². The number of nitrogens with zero attached hydrogens (tertiary/aromatic N) is 2. The SMILES string of the molecule is CCCCCCOC(=O)c1ccc(NC(=O)Nc2cnccn2)cc1. The van der Waals surface area contributed by atoms with Gasteiger partial charge in [0.25, 0.3) is 0 Å². The van der Waals surface area contributed by atoms with E-state index in [1.165, 1.54) is 18.6 Å². The summed E-state index contributed by atoms with van der Waals surface area (Å²) >= 11 is 0. The van der Waals surface area contributed by atoms with E-state index in [1.807, 2.05) is 0 Å². The molecule has 1 aromatic carbocycles. The van der Waals surface area contributed by atoms with Crippen LogP contribution in [0.5, 0.6) is 0 Å². The van der Waals surface area contributed by atoms with Crippen LogP contribution in [-0.4, -0.2) is 28.6 Å². The zero-order valence-electron chi connectivity index (χ0n) is 14.2. The van der Waals surface area contributed by atoms with Gasteiger partial charge in [-0.2, -0.15) is 0 Å². The van der Waals surface area contributed by atoms with Crippen LogP contribution in [0, 0.1) is 0 Å². The van der Waals surface area contributed by atoms with Crippen molar-refractivity contribution in [2.45, 2.75) is 32.6 Å². The summed E-state index contributed by atoms with van der Waals surface area (Å²) in [6, 6.07) is 6.08. The highest BCUT2D eigenvalue weighted by atomic mass is 16.5. The first-order valence-corrected chi connectivity index (χ1v) is 8.30. The van der Waals surface area contributed by atoms with Crippen LogP contribution in [0.4, 0.5) is 16.3 Å². The summed E-state index contributed by atoms with van der Waals surface area (Å²) in [5, 5.41) is 5.21.